The molecule has 0 spiro atoms. The average Bonchev–Trinajstić information content (AvgIpc) is 2.64. The molecule has 1 saturated heterocycles. The van der Waals surface area contributed by atoms with Crippen LogP contribution >= 0.6 is 23.2 Å². The quantitative estimate of drug-likeness (QED) is 0.833. The first-order chi connectivity index (χ1) is 12.5. The van der Waals surface area contributed by atoms with Crippen LogP contribution in [-0.4, -0.2) is 39.9 Å². The van der Waals surface area contributed by atoms with Crippen molar-refractivity contribution in [3.8, 4) is 0 Å². The molecule has 1 aromatic carbocycles. The summed E-state index contributed by atoms with van der Waals surface area (Å²) in [5.41, 5.74) is 6.00. The Labute approximate surface area is 161 Å². The first-order valence-electron chi connectivity index (χ1n) is 8.53. The van der Waals surface area contributed by atoms with E-state index >= 15 is 0 Å². The lowest BCUT2D eigenvalue weighted by molar-refractivity contribution is 0.0621. The van der Waals surface area contributed by atoms with Crippen LogP contribution in [0.15, 0.2) is 29.2 Å². The SMILES string of the molecule is NCC1CCCCN1C(=O)c1cnc(Cc2c(Cl)cccc2Cl)[nH]c1=O. The van der Waals surface area contributed by atoms with Gasteiger partial charge in [0.05, 0.1) is 0 Å². The van der Waals surface area contributed by atoms with Crippen LogP contribution in [0, 0.1) is 0 Å². The second-order valence-corrected chi connectivity index (χ2v) is 7.15. The highest BCUT2D eigenvalue weighted by molar-refractivity contribution is 6.36. The highest BCUT2D eigenvalue weighted by Gasteiger charge is 2.28. The zero-order valence-corrected chi connectivity index (χ0v) is 15.7. The minimum absolute atomic E-state index is 0.0272. The maximum atomic E-state index is 12.7. The first kappa shape index (κ1) is 18.9. The number of rotatable bonds is 4. The third-order valence-electron chi connectivity index (χ3n) is 4.65. The smallest absolute Gasteiger partial charge is 0.263 e. The fraction of sp³-hybridized carbons (Fsp3) is 0.389. The Balaban J connectivity index is 1.83. The third kappa shape index (κ3) is 3.92. The van der Waals surface area contributed by atoms with Crippen molar-refractivity contribution in [1.82, 2.24) is 14.9 Å². The van der Waals surface area contributed by atoms with Gasteiger partial charge in [-0.2, -0.15) is 0 Å². The van der Waals surface area contributed by atoms with Crippen LogP contribution in [0.25, 0.3) is 0 Å². The molecule has 2 aromatic rings. The molecule has 6 nitrogen and oxygen atoms in total. The average molecular weight is 395 g/mol. The number of aromatic nitrogens is 2. The molecule has 1 amide bonds. The maximum absolute atomic E-state index is 12.7. The molecular formula is C18H20Cl2N4O2. The van der Waals surface area contributed by atoms with Gasteiger partial charge < -0.3 is 15.6 Å². The lowest BCUT2D eigenvalue weighted by Crippen LogP contribution is -2.48. The van der Waals surface area contributed by atoms with Crippen molar-refractivity contribution in [2.75, 3.05) is 13.1 Å². The molecule has 8 heteroatoms. The minimum atomic E-state index is -0.468. The fourth-order valence-corrected chi connectivity index (χ4v) is 3.74. The molecule has 0 radical (unpaired) electrons. The summed E-state index contributed by atoms with van der Waals surface area (Å²) in [6.45, 7) is 0.997. The molecule has 0 bridgehead atoms. The van der Waals surface area contributed by atoms with E-state index in [9.17, 15) is 9.59 Å². The predicted molar refractivity (Wildman–Crippen MR) is 102 cm³/mol. The monoisotopic (exact) mass is 394 g/mol. The van der Waals surface area contributed by atoms with E-state index in [1.165, 1.54) is 6.20 Å². The minimum Gasteiger partial charge on any atom is -0.334 e. The number of likely N-dealkylation sites (tertiary alicyclic amines) is 1. The van der Waals surface area contributed by atoms with Gasteiger partial charge in [0, 0.05) is 41.8 Å². The van der Waals surface area contributed by atoms with Gasteiger partial charge in [-0.1, -0.05) is 29.3 Å². The largest absolute Gasteiger partial charge is 0.334 e. The zero-order chi connectivity index (χ0) is 18.7. The molecule has 3 rings (SSSR count). The van der Waals surface area contributed by atoms with Crippen molar-refractivity contribution in [1.29, 1.82) is 0 Å². The highest BCUT2D eigenvalue weighted by atomic mass is 35.5. The van der Waals surface area contributed by atoms with Gasteiger partial charge in [0.25, 0.3) is 11.5 Å². The standard InChI is InChI=1S/C18H20Cl2N4O2/c19-14-5-3-6-15(20)12(14)8-16-22-10-13(17(25)23-16)18(26)24-7-2-1-4-11(24)9-21/h3,5-6,10-11H,1-2,4,7-9,21H2,(H,22,23,25). The number of hydrogen-bond acceptors (Lipinski definition) is 4. The van der Waals surface area contributed by atoms with Gasteiger partial charge in [0.1, 0.15) is 11.4 Å². The molecule has 26 heavy (non-hydrogen) atoms. The summed E-state index contributed by atoms with van der Waals surface area (Å²) in [4.78, 5) is 33.8. The van der Waals surface area contributed by atoms with Gasteiger partial charge in [-0.05, 0) is 37.0 Å². The normalized spacial score (nSPS) is 17.3. The van der Waals surface area contributed by atoms with E-state index in [1.807, 2.05) is 0 Å². The van der Waals surface area contributed by atoms with Crippen LogP contribution < -0.4 is 11.3 Å². The second kappa shape index (κ2) is 8.20. The number of carbonyl (C=O) groups excluding carboxylic acids is 1. The summed E-state index contributed by atoms with van der Waals surface area (Å²) in [6, 6.07) is 5.17. The molecule has 0 saturated carbocycles. The van der Waals surface area contributed by atoms with Gasteiger partial charge >= 0.3 is 0 Å². The number of halogens is 2. The summed E-state index contributed by atoms with van der Waals surface area (Å²) in [5, 5.41) is 0.999. The number of nitrogens with one attached hydrogen (secondary N) is 1. The number of H-pyrrole nitrogens is 1. The Bertz CT molecular complexity index is 848. The molecule has 0 aliphatic carbocycles. The van der Waals surface area contributed by atoms with Crippen LogP contribution in [-0.2, 0) is 6.42 Å². The molecule has 1 atom stereocenters. The molecule has 1 unspecified atom stereocenters. The number of amides is 1. The van der Waals surface area contributed by atoms with E-state index in [0.29, 0.717) is 34.5 Å². The van der Waals surface area contributed by atoms with Gasteiger partial charge in [-0.15, -0.1) is 0 Å². The summed E-state index contributed by atoms with van der Waals surface area (Å²) in [6.07, 6.45) is 4.41. The molecule has 1 aliphatic rings. The van der Waals surface area contributed by atoms with Crippen molar-refractivity contribution in [2.45, 2.75) is 31.7 Å². The van der Waals surface area contributed by atoms with E-state index in [1.54, 1.807) is 23.1 Å². The van der Waals surface area contributed by atoms with Crippen LogP contribution in [0.5, 0.6) is 0 Å². The second-order valence-electron chi connectivity index (χ2n) is 6.33. The Kier molecular flexibility index (Phi) is 5.96. The lowest BCUT2D eigenvalue weighted by Gasteiger charge is -2.34. The van der Waals surface area contributed by atoms with E-state index in [2.05, 4.69) is 9.97 Å². The number of nitrogens with zero attached hydrogens (tertiary/aromatic N) is 2. The molecular weight excluding hydrogens is 375 g/mol. The third-order valence-corrected chi connectivity index (χ3v) is 5.36. The summed E-state index contributed by atoms with van der Waals surface area (Å²) in [5.74, 6) is 0.0757. The van der Waals surface area contributed by atoms with E-state index < -0.39 is 5.56 Å². The van der Waals surface area contributed by atoms with Crippen molar-refractivity contribution in [3.05, 3.63) is 61.7 Å². The van der Waals surface area contributed by atoms with E-state index in [0.717, 1.165) is 19.3 Å². The van der Waals surface area contributed by atoms with Crippen molar-refractivity contribution < 1.29 is 4.79 Å². The number of benzene rings is 1. The molecule has 1 fully saturated rings. The number of piperidine rings is 1. The summed E-state index contributed by atoms with van der Waals surface area (Å²) >= 11 is 12.3. The van der Waals surface area contributed by atoms with Gasteiger partial charge in [-0.3, -0.25) is 9.59 Å². The van der Waals surface area contributed by atoms with Crippen LogP contribution in [0.2, 0.25) is 10.0 Å². The number of nitrogens with two attached hydrogens (primary N) is 1. The number of carbonyl (C=O) groups is 1. The van der Waals surface area contributed by atoms with Gasteiger partial charge in [0.2, 0.25) is 0 Å². The topological polar surface area (TPSA) is 92.1 Å². The Morgan fingerprint density at radius 1 is 1.31 bits per heavy atom. The lowest BCUT2D eigenvalue weighted by atomic mass is 10.0. The molecule has 1 aliphatic heterocycles. The zero-order valence-electron chi connectivity index (χ0n) is 14.2. The predicted octanol–water partition coefficient (Wildman–Crippen LogP) is 2.62. The Morgan fingerprint density at radius 2 is 2.04 bits per heavy atom. The van der Waals surface area contributed by atoms with Crippen LogP contribution in [0.3, 0.4) is 0 Å². The Hall–Kier alpha value is -1.89. The van der Waals surface area contributed by atoms with Crippen molar-refractivity contribution in [3.63, 3.8) is 0 Å². The fourth-order valence-electron chi connectivity index (χ4n) is 3.21. The van der Waals surface area contributed by atoms with Gasteiger partial charge in [0.15, 0.2) is 0 Å². The molecule has 138 valence electrons. The summed E-state index contributed by atoms with van der Waals surface area (Å²) in [7, 11) is 0. The summed E-state index contributed by atoms with van der Waals surface area (Å²) < 4.78 is 0. The van der Waals surface area contributed by atoms with Crippen LogP contribution in [0.4, 0.5) is 0 Å². The number of aromatic amines is 1. The van der Waals surface area contributed by atoms with Gasteiger partial charge in [-0.25, -0.2) is 4.98 Å². The molecule has 3 N–H and O–H groups in total. The first-order valence-corrected chi connectivity index (χ1v) is 9.29. The number of hydrogen-bond donors (Lipinski definition) is 2. The Morgan fingerprint density at radius 3 is 2.69 bits per heavy atom. The van der Waals surface area contributed by atoms with E-state index in [4.69, 9.17) is 28.9 Å². The van der Waals surface area contributed by atoms with Crippen molar-refractivity contribution in [2.24, 2.45) is 5.73 Å². The maximum Gasteiger partial charge on any atom is 0.263 e. The van der Waals surface area contributed by atoms with Crippen LogP contribution in [0.1, 0.15) is 41.0 Å². The van der Waals surface area contributed by atoms with Crippen molar-refractivity contribution >= 4 is 29.1 Å². The molecule has 2 heterocycles. The molecule has 1 aromatic heterocycles. The van der Waals surface area contributed by atoms with E-state index in [-0.39, 0.29) is 23.9 Å². The highest BCUT2D eigenvalue weighted by Crippen LogP contribution is 2.25.